The third-order valence-electron chi connectivity index (χ3n) is 8.44. The van der Waals surface area contributed by atoms with Gasteiger partial charge in [0.2, 0.25) is 11.8 Å². The molecule has 194 valence electrons. The molecule has 3 fully saturated rings. The van der Waals surface area contributed by atoms with Crippen LogP contribution >= 0.6 is 0 Å². The number of carbonyl (C=O) groups is 2. The number of nitrogens with one attached hydrogen (secondary N) is 2. The molecule has 0 aliphatic carbocycles. The molecule has 36 heavy (non-hydrogen) atoms. The van der Waals surface area contributed by atoms with Crippen molar-refractivity contribution < 1.29 is 9.59 Å². The van der Waals surface area contributed by atoms with Gasteiger partial charge < -0.3 is 25.4 Å². The van der Waals surface area contributed by atoms with Crippen LogP contribution in [-0.2, 0) is 22.6 Å². The van der Waals surface area contributed by atoms with E-state index in [-0.39, 0.29) is 35.8 Å². The molecule has 1 aromatic heterocycles. The smallest absolute Gasteiger partial charge is 0.245 e. The summed E-state index contributed by atoms with van der Waals surface area (Å²) in [6.07, 6.45) is 8.64. The number of aromatic nitrogens is 1. The minimum absolute atomic E-state index is 0.0844. The Balaban J connectivity index is 1.27. The Labute approximate surface area is 213 Å². The number of carbonyl (C=O) groups excluding carboxylic acids is 2. The van der Waals surface area contributed by atoms with E-state index in [2.05, 4.69) is 27.8 Å². The number of fused-ring (bicyclic) bond motifs is 1. The van der Waals surface area contributed by atoms with Gasteiger partial charge in [0.05, 0.1) is 6.04 Å². The molecule has 0 saturated carbocycles. The topological polar surface area (TPSA) is 107 Å². The molecule has 0 spiro atoms. The second-order valence-corrected chi connectivity index (χ2v) is 10.6. The Morgan fingerprint density at radius 1 is 1.03 bits per heavy atom. The van der Waals surface area contributed by atoms with E-state index in [0.29, 0.717) is 6.54 Å². The van der Waals surface area contributed by atoms with Gasteiger partial charge >= 0.3 is 0 Å². The van der Waals surface area contributed by atoms with Gasteiger partial charge in [-0.15, -0.1) is 0 Å². The SMILES string of the molecule is CCn1c(CCC2CCCN2C(=O)[C@@H]2CCCN2C(=O)[C@H]2CCCCN2)cc2ccc(C(=N)N)cc21. The van der Waals surface area contributed by atoms with E-state index in [9.17, 15) is 9.59 Å². The Morgan fingerprint density at radius 3 is 2.58 bits per heavy atom. The monoisotopic (exact) mass is 492 g/mol. The van der Waals surface area contributed by atoms with E-state index in [0.717, 1.165) is 93.9 Å². The molecule has 3 aliphatic rings. The normalized spacial score (nSPS) is 24.5. The Morgan fingerprint density at radius 2 is 1.83 bits per heavy atom. The lowest BCUT2D eigenvalue weighted by Gasteiger charge is -2.34. The molecule has 0 radical (unpaired) electrons. The van der Waals surface area contributed by atoms with E-state index < -0.39 is 0 Å². The summed E-state index contributed by atoms with van der Waals surface area (Å²) in [6, 6.07) is 7.99. The van der Waals surface area contributed by atoms with Crippen LogP contribution in [0.25, 0.3) is 10.9 Å². The number of nitrogen functional groups attached to an aromatic ring is 1. The van der Waals surface area contributed by atoms with Crippen molar-refractivity contribution >= 4 is 28.6 Å². The molecular weight excluding hydrogens is 452 g/mol. The summed E-state index contributed by atoms with van der Waals surface area (Å²) in [5, 5.41) is 12.3. The number of piperidine rings is 1. The average molecular weight is 493 g/mol. The van der Waals surface area contributed by atoms with E-state index in [4.69, 9.17) is 11.1 Å². The highest BCUT2D eigenvalue weighted by atomic mass is 16.2. The highest BCUT2D eigenvalue weighted by Crippen LogP contribution is 2.29. The molecule has 2 amide bonds. The van der Waals surface area contributed by atoms with Crippen molar-refractivity contribution in [1.29, 1.82) is 5.41 Å². The summed E-state index contributed by atoms with van der Waals surface area (Å²) in [7, 11) is 0. The molecule has 5 rings (SSSR count). The number of likely N-dealkylation sites (tertiary alicyclic amines) is 2. The van der Waals surface area contributed by atoms with Crippen LogP contribution in [0.15, 0.2) is 24.3 Å². The van der Waals surface area contributed by atoms with Gasteiger partial charge in [0.1, 0.15) is 11.9 Å². The van der Waals surface area contributed by atoms with Crippen LogP contribution in [0.2, 0.25) is 0 Å². The zero-order valence-electron chi connectivity index (χ0n) is 21.5. The second-order valence-electron chi connectivity index (χ2n) is 10.6. The summed E-state index contributed by atoms with van der Waals surface area (Å²) in [5.74, 6) is 0.362. The van der Waals surface area contributed by atoms with Crippen molar-refractivity contribution in [2.24, 2.45) is 5.73 Å². The van der Waals surface area contributed by atoms with Gasteiger partial charge in [0.25, 0.3) is 0 Å². The van der Waals surface area contributed by atoms with Gasteiger partial charge in [-0.05, 0) is 82.4 Å². The minimum Gasteiger partial charge on any atom is -0.384 e. The first-order valence-electron chi connectivity index (χ1n) is 13.8. The van der Waals surface area contributed by atoms with Crippen molar-refractivity contribution in [2.45, 2.75) is 89.4 Å². The number of hydrogen-bond donors (Lipinski definition) is 3. The van der Waals surface area contributed by atoms with Crippen LogP contribution in [0, 0.1) is 5.41 Å². The molecule has 8 nitrogen and oxygen atoms in total. The first kappa shape index (κ1) is 24.8. The first-order valence-corrected chi connectivity index (χ1v) is 13.8. The molecule has 3 atom stereocenters. The van der Waals surface area contributed by atoms with Gasteiger partial charge in [-0.2, -0.15) is 0 Å². The highest BCUT2D eigenvalue weighted by molar-refractivity contribution is 5.98. The van der Waals surface area contributed by atoms with Gasteiger partial charge in [-0.25, -0.2) is 0 Å². The maximum Gasteiger partial charge on any atom is 0.245 e. The quantitative estimate of drug-likeness (QED) is 0.408. The fraction of sp³-hybridized carbons (Fsp3) is 0.607. The molecule has 2 aromatic rings. The van der Waals surface area contributed by atoms with Gasteiger partial charge in [-0.1, -0.05) is 18.6 Å². The maximum absolute atomic E-state index is 13.7. The number of nitrogens with two attached hydrogens (primary N) is 1. The summed E-state index contributed by atoms with van der Waals surface area (Å²) in [5.41, 5.74) is 8.83. The van der Waals surface area contributed by atoms with Crippen molar-refractivity contribution in [3.8, 4) is 0 Å². The summed E-state index contributed by atoms with van der Waals surface area (Å²) in [6.45, 7) is 5.37. The van der Waals surface area contributed by atoms with Crippen molar-refractivity contribution in [1.82, 2.24) is 19.7 Å². The van der Waals surface area contributed by atoms with Crippen LogP contribution < -0.4 is 11.1 Å². The van der Waals surface area contributed by atoms with E-state index >= 15 is 0 Å². The van der Waals surface area contributed by atoms with Crippen LogP contribution in [0.4, 0.5) is 0 Å². The van der Waals surface area contributed by atoms with E-state index in [1.165, 1.54) is 5.69 Å². The number of benzene rings is 1. The first-order chi connectivity index (χ1) is 17.5. The number of amides is 2. The number of rotatable bonds is 7. The Hall–Kier alpha value is -2.87. The number of amidine groups is 1. The lowest BCUT2D eigenvalue weighted by Crippen LogP contribution is -2.54. The van der Waals surface area contributed by atoms with Gasteiger partial charge in [0.15, 0.2) is 0 Å². The predicted octanol–water partition coefficient (Wildman–Crippen LogP) is 3.00. The molecule has 3 aliphatic heterocycles. The molecule has 1 aromatic carbocycles. The Kier molecular flexibility index (Phi) is 7.32. The standard InChI is InChI=1S/C28H40N6O2/c1-2-32-22(17-19-10-11-20(26(29)30)18-25(19)32)13-12-21-7-5-15-33(21)28(36)24-9-6-16-34(24)27(35)23-8-3-4-14-31-23/h10-11,17-18,21,23-24,31H,2-9,12-16H2,1H3,(H3,29,30)/t21?,23-,24+/m1/s1. The molecule has 0 bridgehead atoms. The van der Waals surface area contributed by atoms with Crippen molar-refractivity contribution in [3.05, 3.63) is 35.5 Å². The highest BCUT2D eigenvalue weighted by Gasteiger charge is 2.41. The number of aryl methyl sites for hydroxylation is 2. The predicted molar refractivity (Wildman–Crippen MR) is 142 cm³/mol. The maximum atomic E-state index is 13.7. The Bertz CT molecular complexity index is 1130. The number of hydrogen-bond acceptors (Lipinski definition) is 4. The molecule has 8 heteroatoms. The minimum atomic E-state index is -0.297. The largest absolute Gasteiger partial charge is 0.384 e. The van der Waals surface area contributed by atoms with E-state index in [1.807, 2.05) is 23.1 Å². The third kappa shape index (κ3) is 4.75. The lowest BCUT2D eigenvalue weighted by atomic mass is 10.0. The van der Waals surface area contributed by atoms with Crippen molar-refractivity contribution in [2.75, 3.05) is 19.6 Å². The second kappa shape index (κ2) is 10.6. The molecular formula is C28H40N6O2. The van der Waals surface area contributed by atoms with Crippen LogP contribution in [0.5, 0.6) is 0 Å². The molecule has 3 saturated heterocycles. The fourth-order valence-electron chi connectivity index (χ4n) is 6.54. The molecule has 4 heterocycles. The summed E-state index contributed by atoms with van der Waals surface area (Å²) >= 11 is 0. The zero-order valence-corrected chi connectivity index (χ0v) is 21.5. The molecule has 1 unspecified atom stereocenters. The zero-order chi connectivity index (χ0) is 25.2. The average Bonchev–Trinajstić information content (AvgIpc) is 3.64. The van der Waals surface area contributed by atoms with Gasteiger partial charge in [-0.3, -0.25) is 15.0 Å². The fourth-order valence-corrected chi connectivity index (χ4v) is 6.54. The summed E-state index contributed by atoms with van der Waals surface area (Å²) < 4.78 is 2.30. The van der Waals surface area contributed by atoms with Crippen LogP contribution in [0.3, 0.4) is 0 Å². The lowest BCUT2D eigenvalue weighted by molar-refractivity contribution is -0.145. The van der Waals surface area contributed by atoms with Gasteiger partial charge in [0, 0.05) is 42.5 Å². The van der Waals surface area contributed by atoms with Crippen molar-refractivity contribution in [3.63, 3.8) is 0 Å². The van der Waals surface area contributed by atoms with Crippen LogP contribution in [-0.4, -0.2) is 69.8 Å². The summed E-state index contributed by atoms with van der Waals surface area (Å²) in [4.78, 5) is 30.9. The van der Waals surface area contributed by atoms with E-state index in [1.54, 1.807) is 0 Å². The third-order valence-corrected chi connectivity index (χ3v) is 8.44. The van der Waals surface area contributed by atoms with Crippen LogP contribution in [0.1, 0.15) is 69.5 Å². The molecule has 4 N–H and O–H groups in total. The number of nitrogens with zero attached hydrogens (tertiary/aromatic N) is 3.